The van der Waals surface area contributed by atoms with Crippen molar-refractivity contribution in [1.82, 2.24) is 15.1 Å². The van der Waals surface area contributed by atoms with Crippen molar-refractivity contribution in [3.63, 3.8) is 0 Å². The Morgan fingerprint density at radius 1 is 1.27 bits per heavy atom. The Morgan fingerprint density at radius 2 is 2.08 bits per heavy atom. The van der Waals surface area contributed by atoms with Crippen molar-refractivity contribution in [2.45, 2.75) is 27.2 Å². The lowest BCUT2D eigenvalue weighted by atomic mass is 9.99. The highest BCUT2D eigenvalue weighted by Crippen LogP contribution is 2.23. The maximum absolute atomic E-state index is 12.5. The molecule has 0 bridgehead atoms. The van der Waals surface area contributed by atoms with Crippen molar-refractivity contribution in [3.8, 4) is 11.3 Å². The fourth-order valence-electron chi connectivity index (χ4n) is 2.67. The van der Waals surface area contributed by atoms with Crippen LogP contribution in [0.5, 0.6) is 0 Å². The van der Waals surface area contributed by atoms with Gasteiger partial charge in [0.05, 0.1) is 11.4 Å². The molecule has 0 aliphatic heterocycles. The number of rotatable bonds is 5. The van der Waals surface area contributed by atoms with Crippen LogP contribution < -0.4 is 5.32 Å². The molecule has 2 aromatic heterocycles. The molecule has 6 nitrogen and oxygen atoms in total. The number of aromatic nitrogens is 3. The van der Waals surface area contributed by atoms with Crippen molar-refractivity contribution in [2.75, 3.05) is 5.32 Å². The van der Waals surface area contributed by atoms with Gasteiger partial charge in [-0.15, -0.1) is 0 Å². The molecule has 0 aliphatic carbocycles. The fraction of sp³-hybridized carbons (Fsp3) is 0.263. The molecular weight excluding hydrogens is 396 g/mol. The van der Waals surface area contributed by atoms with Crippen LogP contribution in [0.2, 0.25) is 0 Å². The van der Waals surface area contributed by atoms with Crippen molar-refractivity contribution >= 4 is 27.7 Å². The zero-order chi connectivity index (χ0) is 18.7. The third-order valence-corrected chi connectivity index (χ3v) is 4.67. The van der Waals surface area contributed by atoms with E-state index in [1.807, 2.05) is 45.0 Å². The summed E-state index contributed by atoms with van der Waals surface area (Å²) in [5.74, 6) is 0.881. The third kappa shape index (κ3) is 4.16. The van der Waals surface area contributed by atoms with Gasteiger partial charge in [-0.3, -0.25) is 4.79 Å². The summed E-state index contributed by atoms with van der Waals surface area (Å²) in [6.45, 7) is 5.61. The molecule has 1 aromatic carbocycles. The highest BCUT2D eigenvalue weighted by atomic mass is 79.9. The molecule has 1 unspecified atom stereocenters. The van der Waals surface area contributed by atoms with Gasteiger partial charge in [-0.25, -0.2) is 9.97 Å². The summed E-state index contributed by atoms with van der Waals surface area (Å²) in [7, 11) is 0. The Morgan fingerprint density at radius 3 is 2.77 bits per heavy atom. The zero-order valence-electron chi connectivity index (χ0n) is 14.8. The summed E-state index contributed by atoms with van der Waals surface area (Å²) in [6, 6.07) is 9.57. The third-order valence-electron chi connectivity index (χ3n) is 4.18. The first kappa shape index (κ1) is 18.3. The van der Waals surface area contributed by atoms with E-state index in [1.54, 1.807) is 6.07 Å². The monoisotopic (exact) mass is 414 g/mol. The van der Waals surface area contributed by atoms with E-state index in [-0.39, 0.29) is 11.8 Å². The van der Waals surface area contributed by atoms with Crippen LogP contribution in [-0.4, -0.2) is 21.0 Å². The lowest BCUT2D eigenvalue weighted by Crippen LogP contribution is -2.23. The molecule has 0 aliphatic rings. The molecule has 0 fully saturated rings. The zero-order valence-corrected chi connectivity index (χ0v) is 16.4. The molecule has 3 rings (SSSR count). The van der Waals surface area contributed by atoms with Crippen molar-refractivity contribution in [2.24, 2.45) is 5.92 Å². The SMILES string of the molecule is Cc1noc(C)c1CC(C)C(=O)Nc1cc(-c2cccc(Br)c2)ncn1. The molecule has 0 spiro atoms. The number of hydrogen-bond donors (Lipinski definition) is 1. The number of amides is 1. The van der Waals surface area contributed by atoms with Gasteiger partial charge in [0.1, 0.15) is 17.9 Å². The second-order valence-corrected chi connectivity index (χ2v) is 7.11. The molecule has 1 N–H and O–H groups in total. The fourth-order valence-corrected chi connectivity index (χ4v) is 3.07. The summed E-state index contributed by atoms with van der Waals surface area (Å²) >= 11 is 3.45. The predicted octanol–water partition coefficient (Wildman–Crippen LogP) is 4.33. The molecule has 7 heteroatoms. The van der Waals surface area contributed by atoms with Crippen LogP contribution >= 0.6 is 15.9 Å². The summed E-state index contributed by atoms with van der Waals surface area (Å²) in [6.07, 6.45) is 2.02. The lowest BCUT2D eigenvalue weighted by Gasteiger charge is -2.12. The number of benzene rings is 1. The highest BCUT2D eigenvalue weighted by Gasteiger charge is 2.19. The van der Waals surface area contributed by atoms with Crippen molar-refractivity contribution < 1.29 is 9.32 Å². The number of anilines is 1. The molecule has 0 radical (unpaired) electrons. The average molecular weight is 415 g/mol. The van der Waals surface area contributed by atoms with E-state index in [9.17, 15) is 4.79 Å². The minimum atomic E-state index is -0.240. The number of carbonyl (C=O) groups is 1. The van der Waals surface area contributed by atoms with E-state index in [4.69, 9.17) is 4.52 Å². The van der Waals surface area contributed by atoms with Gasteiger partial charge in [-0.1, -0.05) is 40.1 Å². The van der Waals surface area contributed by atoms with Crippen LogP contribution in [0.15, 0.2) is 45.7 Å². The standard InChI is InChI=1S/C19H19BrN4O2/c1-11(7-16-12(2)24-26-13(16)3)19(25)23-18-9-17(21-10-22-18)14-5-4-6-15(20)8-14/h4-6,8-11H,7H2,1-3H3,(H,21,22,23,25). The first-order chi connectivity index (χ1) is 12.4. The Hall–Kier alpha value is -2.54. The predicted molar refractivity (Wildman–Crippen MR) is 103 cm³/mol. The minimum absolute atomic E-state index is 0.108. The second kappa shape index (κ2) is 7.78. The summed E-state index contributed by atoms with van der Waals surface area (Å²) in [4.78, 5) is 21.0. The van der Waals surface area contributed by atoms with Gasteiger partial charge in [0.2, 0.25) is 5.91 Å². The van der Waals surface area contributed by atoms with E-state index in [0.29, 0.717) is 12.2 Å². The van der Waals surface area contributed by atoms with E-state index >= 15 is 0 Å². The van der Waals surface area contributed by atoms with Crippen LogP contribution in [0, 0.1) is 19.8 Å². The summed E-state index contributed by atoms with van der Waals surface area (Å²) in [5.41, 5.74) is 3.49. The van der Waals surface area contributed by atoms with Crippen molar-refractivity contribution in [1.29, 1.82) is 0 Å². The van der Waals surface area contributed by atoms with Gasteiger partial charge in [-0.2, -0.15) is 0 Å². The van der Waals surface area contributed by atoms with E-state index in [2.05, 4.69) is 36.4 Å². The Bertz CT molecular complexity index is 919. The Kier molecular flexibility index (Phi) is 5.46. The van der Waals surface area contributed by atoms with E-state index in [1.165, 1.54) is 6.33 Å². The van der Waals surface area contributed by atoms with Gasteiger partial charge in [0, 0.05) is 27.6 Å². The second-order valence-electron chi connectivity index (χ2n) is 6.20. The number of hydrogen-bond acceptors (Lipinski definition) is 5. The maximum Gasteiger partial charge on any atom is 0.228 e. The quantitative estimate of drug-likeness (QED) is 0.671. The van der Waals surface area contributed by atoms with E-state index < -0.39 is 0 Å². The lowest BCUT2D eigenvalue weighted by molar-refractivity contribution is -0.119. The molecule has 0 saturated carbocycles. The molecule has 3 aromatic rings. The summed E-state index contributed by atoms with van der Waals surface area (Å²) in [5, 5.41) is 6.80. The number of nitrogens with zero attached hydrogens (tertiary/aromatic N) is 3. The molecule has 1 atom stereocenters. The van der Waals surface area contributed by atoms with Gasteiger partial charge in [0.15, 0.2) is 0 Å². The average Bonchev–Trinajstić information content (AvgIpc) is 2.94. The van der Waals surface area contributed by atoms with Crippen LogP contribution in [0.25, 0.3) is 11.3 Å². The molecule has 0 saturated heterocycles. The molecular formula is C19H19BrN4O2. The topological polar surface area (TPSA) is 80.9 Å². The van der Waals surface area contributed by atoms with Gasteiger partial charge >= 0.3 is 0 Å². The smallest absolute Gasteiger partial charge is 0.228 e. The Balaban J connectivity index is 1.72. The minimum Gasteiger partial charge on any atom is -0.361 e. The first-order valence-electron chi connectivity index (χ1n) is 8.24. The molecule has 2 heterocycles. The van der Waals surface area contributed by atoms with Gasteiger partial charge < -0.3 is 9.84 Å². The Labute approximate surface area is 160 Å². The number of nitrogens with one attached hydrogen (secondary N) is 1. The van der Waals surface area contributed by atoms with Crippen LogP contribution in [0.4, 0.5) is 5.82 Å². The van der Waals surface area contributed by atoms with E-state index in [0.717, 1.165) is 32.7 Å². The first-order valence-corrected chi connectivity index (χ1v) is 9.04. The molecule has 134 valence electrons. The normalized spacial score (nSPS) is 12.0. The number of carbonyl (C=O) groups excluding carboxylic acids is 1. The molecule has 26 heavy (non-hydrogen) atoms. The summed E-state index contributed by atoms with van der Waals surface area (Å²) < 4.78 is 6.13. The number of aryl methyl sites for hydroxylation is 2. The number of halogens is 1. The molecule has 1 amide bonds. The highest BCUT2D eigenvalue weighted by molar-refractivity contribution is 9.10. The maximum atomic E-state index is 12.5. The van der Waals surface area contributed by atoms with Gasteiger partial charge in [0.25, 0.3) is 0 Å². The van der Waals surface area contributed by atoms with Crippen LogP contribution in [0.1, 0.15) is 23.9 Å². The van der Waals surface area contributed by atoms with Gasteiger partial charge in [-0.05, 0) is 32.4 Å². The largest absolute Gasteiger partial charge is 0.361 e. The van der Waals surface area contributed by atoms with Crippen molar-refractivity contribution in [3.05, 3.63) is 58.1 Å². The van der Waals surface area contributed by atoms with Crippen LogP contribution in [0.3, 0.4) is 0 Å². The van der Waals surface area contributed by atoms with Crippen LogP contribution in [-0.2, 0) is 11.2 Å².